The maximum Gasteiger partial charge on any atom is 0.224 e. The summed E-state index contributed by atoms with van der Waals surface area (Å²) >= 11 is 0. The Morgan fingerprint density at radius 2 is 1.72 bits per heavy atom. The first-order valence-electron chi connectivity index (χ1n) is 10.7. The van der Waals surface area contributed by atoms with Crippen LogP contribution in [0.1, 0.15) is 69.2 Å². The molecule has 1 radical (unpaired) electrons. The zero-order valence-electron chi connectivity index (χ0n) is 17.4. The van der Waals surface area contributed by atoms with Crippen LogP contribution in [0.15, 0.2) is 24.3 Å². The molecule has 1 aliphatic heterocycles. The lowest BCUT2D eigenvalue weighted by molar-refractivity contribution is -0.262. The highest BCUT2D eigenvalue weighted by Crippen LogP contribution is 2.35. The second kappa shape index (κ2) is 12.2. The number of hydrogen-bond acceptors (Lipinski definition) is 5. The Hall–Kier alpha value is -1.51. The fourth-order valence-electron chi connectivity index (χ4n) is 3.48. The van der Waals surface area contributed by atoms with Gasteiger partial charge in [0.2, 0.25) is 5.91 Å². The number of carbonyl (C=O) groups is 1. The van der Waals surface area contributed by atoms with Gasteiger partial charge in [-0.1, -0.05) is 69.7 Å². The third-order valence-corrected chi connectivity index (χ3v) is 5.51. The van der Waals surface area contributed by atoms with E-state index in [0.29, 0.717) is 23.6 Å². The van der Waals surface area contributed by atoms with Crippen LogP contribution in [0, 0.1) is 0 Å². The van der Waals surface area contributed by atoms with Crippen LogP contribution in [0.2, 0.25) is 0 Å². The number of carbonyl (C=O) groups excluding carboxylic acids is 1. The van der Waals surface area contributed by atoms with Gasteiger partial charge < -0.3 is 20.3 Å². The highest BCUT2D eigenvalue weighted by Gasteiger charge is 2.48. The maximum absolute atomic E-state index is 12.4. The molecule has 0 aromatic heterocycles. The van der Waals surface area contributed by atoms with E-state index in [2.05, 4.69) is 12.2 Å². The standard InChI is InChI=1S/C22H35N2O5/c1-2-3-4-5-6-7-8-13-23-20(27)14-18-9-11-19(12-10-18)21-24(28)22(15-25,16-26)17-29-21/h9-12,21,25-26H,2-8,13-17H2,1H3,(H,23,27). The van der Waals surface area contributed by atoms with Crippen molar-refractivity contribution in [3.05, 3.63) is 35.4 Å². The molecule has 1 fully saturated rings. The summed E-state index contributed by atoms with van der Waals surface area (Å²) in [7, 11) is 0. The molecule has 1 unspecified atom stereocenters. The summed E-state index contributed by atoms with van der Waals surface area (Å²) in [4.78, 5) is 12.1. The van der Waals surface area contributed by atoms with Crippen molar-refractivity contribution in [1.29, 1.82) is 0 Å². The van der Waals surface area contributed by atoms with Crippen LogP contribution in [0.4, 0.5) is 0 Å². The summed E-state index contributed by atoms with van der Waals surface area (Å²) in [5.74, 6) is -0.00845. The molecule has 7 heteroatoms. The number of aliphatic hydroxyl groups excluding tert-OH is 2. The monoisotopic (exact) mass is 407 g/mol. The van der Waals surface area contributed by atoms with E-state index in [1.54, 1.807) is 24.3 Å². The molecule has 0 spiro atoms. The SMILES string of the molecule is CCCCCCCCCNC(=O)Cc1ccc(C2OCC(CO)(CO)N2[O])cc1. The Morgan fingerprint density at radius 1 is 1.10 bits per heavy atom. The minimum absolute atomic E-state index is 0.00845. The van der Waals surface area contributed by atoms with Gasteiger partial charge in [0.25, 0.3) is 0 Å². The molecular weight excluding hydrogens is 372 g/mol. The molecule has 7 nitrogen and oxygen atoms in total. The number of nitrogens with zero attached hydrogens (tertiary/aromatic N) is 1. The van der Waals surface area contributed by atoms with E-state index in [4.69, 9.17) is 4.74 Å². The number of ether oxygens (including phenoxy) is 1. The normalized spacial score (nSPS) is 18.8. The Labute approximate surface area is 173 Å². The summed E-state index contributed by atoms with van der Waals surface area (Å²) in [5, 5.41) is 34.8. The van der Waals surface area contributed by atoms with E-state index < -0.39 is 25.0 Å². The zero-order chi connectivity index (χ0) is 21.1. The van der Waals surface area contributed by atoms with Crippen molar-refractivity contribution in [3.8, 4) is 0 Å². The highest BCUT2D eigenvalue weighted by molar-refractivity contribution is 5.78. The van der Waals surface area contributed by atoms with E-state index in [-0.39, 0.29) is 12.5 Å². The lowest BCUT2D eigenvalue weighted by Gasteiger charge is -2.28. The number of rotatable bonds is 13. The third-order valence-electron chi connectivity index (χ3n) is 5.51. The maximum atomic E-state index is 12.4. The molecule has 3 N–H and O–H groups in total. The van der Waals surface area contributed by atoms with Gasteiger partial charge in [0, 0.05) is 6.54 Å². The summed E-state index contributed by atoms with van der Waals surface area (Å²) in [5.41, 5.74) is 0.187. The fourth-order valence-corrected chi connectivity index (χ4v) is 3.48. The van der Waals surface area contributed by atoms with Crippen molar-refractivity contribution in [1.82, 2.24) is 10.4 Å². The number of hydroxylamine groups is 2. The van der Waals surface area contributed by atoms with Crippen LogP contribution in [-0.4, -0.2) is 53.1 Å². The number of amides is 1. The largest absolute Gasteiger partial charge is 0.394 e. The number of hydrogen-bond donors (Lipinski definition) is 3. The fraction of sp³-hybridized carbons (Fsp3) is 0.682. The number of nitrogens with one attached hydrogen (secondary N) is 1. The van der Waals surface area contributed by atoms with Crippen LogP contribution in [0.25, 0.3) is 0 Å². The van der Waals surface area contributed by atoms with Gasteiger partial charge >= 0.3 is 0 Å². The van der Waals surface area contributed by atoms with Crippen molar-refractivity contribution < 1.29 is 25.0 Å². The molecule has 0 aliphatic carbocycles. The zero-order valence-corrected chi connectivity index (χ0v) is 17.4. The van der Waals surface area contributed by atoms with E-state index in [0.717, 1.165) is 18.4 Å². The van der Waals surface area contributed by atoms with Crippen LogP contribution in [0.3, 0.4) is 0 Å². The Balaban J connectivity index is 1.72. The van der Waals surface area contributed by atoms with Crippen LogP contribution >= 0.6 is 0 Å². The smallest absolute Gasteiger partial charge is 0.224 e. The highest BCUT2D eigenvalue weighted by atomic mass is 16.6. The number of benzene rings is 1. The second-order valence-corrected chi connectivity index (χ2v) is 7.92. The number of unbranched alkanes of at least 4 members (excludes halogenated alkanes) is 6. The minimum Gasteiger partial charge on any atom is -0.394 e. The van der Waals surface area contributed by atoms with E-state index in [1.807, 2.05) is 0 Å². The van der Waals surface area contributed by atoms with Crippen molar-refractivity contribution in [3.63, 3.8) is 0 Å². The molecular formula is C22H35N2O5. The van der Waals surface area contributed by atoms with Crippen molar-refractivity contribution >= 4 is 5.91 Å². The van der Waals surface area contributed by atoms with Gasteiger partial charge in [0.05, 0.1) is 26.2 Å². The second-order valence-electron chi connectivity index (χ2n) is 7.92. The molecule has 1 amide bonds. The van der Waals surface area contributed by atoms with Gasteiger partial charge in [-0.25, -0.2) is 0 Å². The molecule has 1 saturated heterocycles. The van der Waals surface area contributed by atoms with Crippen molar-refractivity contribution in [2.45, 2.75) is 70.1 Å². The third kappa shape index (κ3) is 6.76. The molecule has 2 rings (SSSR count). The van der Waals surface area contributed by atoms with Crippen molar-refractivity contribution in [2.24, 2.45) is 0 Å². The Kier molecular flexibility index (Phi) is 10.0. The molecule has 1 atom stereocenters. The van der Waals surface area contributed by atoms with Gasteiger partial charge in [0.15, 0.2) is 6.23 Å². The first-order valence-corrected chi connectivity index (χ1v) is 10.7. The van der Waals surface area contributed by atoms with Gasteiger partial charge in [-0.3, -0.25) is 4.79 Å². The van der Waals surface area contributed by atoms with E-state index >= 15 is 0 Å². The quantitative estimate of drug-likeness (QED) is 0.436. The Bertz CT molecular complexity index is 604. The topological polar surface area (TPSA) is 102 Å². The van der Waals surface area contributed by atoms with Crippen molar-refractivity contribution in [2.75, 3.05) is 26.4 Å². The molecule has 1 aromatic carbocycles. The van der Waals surface area contributed by atoms with Gasteiger partial charge in [-0.05, 0) is 17.5 Å². The van der Waals surface area contributed by atoms with E-state index in [9.17, 15) is 20.2 Å². The van der Waals surface area contributed by atoms with Crippen LogP contribution in [-0.2, 0) is 21.2 Å². The molecule has 0 bridgehead atoms. The molecule has 163 valence electrons. The average molecular weight is 408 g/mol. The minimum atomic E-state index is -1.31. The van der Waals surface area contributed by atoms with E-state index in [1.165, 1.54) is 32.1 Å². The number of aliphatic hydroxyl groups is 2. The van der Waals surface area contributed by atoms with Gasteiger partial charge in [0.1, 0.15) is 5.54 Å². The first-order chi connectivity index (χ1) is 14.1. The molecule has 1 heterocycles. The average Bonchev–Trinajstić information content (AvgIpc) is 3.07. The molecule has 1 aliphatic rings. The summed E-state index contributed by atoms with van der Waals surface area (Å²) < 4.78 is 5.49. The first kappa shape index (κ1) is 23.8. The lowest BCUT2D eigenvalue weighted by Crippen LogP contribution is -2.50. The predicted octanol–water partition coefficient (Wildman–Crippen LogP) is 2.50. The summed E-state index contributed by atoms with van der Waals surface area (Å²) in [6.45, 7) is 1.94. The summed E-state index contributed by atoms with van der Waals surface area (Å²) in [6.07, 6.45) is 7.94. The van der Waals surface area contributed by atoms with Crippen LogP contribution < -0.4 is 5.32 Å². The molecule has 29 heavy (non-hydrogen) atoms. The lowest BCUT2D eigenvalue weighted by atomic mass is 10.0. The molecule has 0 saturated carbocycles. The Morgan fingerprint density at radius 3 is 2.31 bits per heavy atom. The summed E-state index contributed by atoms with van der Waals surface area (Å²) in [6, 6.07) is 7.11. The predicted molar refractivity (Wildman–Crippen MR) is 109 cm³/mol. The molecule has 1 aromatic rings. The van der Waals surface area contributed by atoms with Gasteiger partial charge in [-0.15, -0.1) is 10.3 Å². The van der Waals surface area contributed by atoms with Gasteiger partial charge in [-0.2, -0.15) is 0 Å². The van der Waals surface area contributed by atoms with Crippen LogP contribution in [0.5, 0.6) is 0 Å².